The molecule has 0 bridgehead atoms. The van der Waals surface area contributed by atoms with E-state index in [4.69, 9.17) is 4.42 Å². The Balaban J connectivity index is 1.85. The minimum absolute atomic E-state index is 0.0743. The molecular weight excluding hydrogens is 322 g/mol. The molecule has 5 heteroatoms. The van der Waals surface area contributed by atoms with Gasteiger partial charge in [0.1, 0.15) is 0 Å². The number of rotatable bonds is 5. The van der Waals surface area contributed by atoms with Crippen molar-refractivity contribution in [3.05, 3.63) is 59.5 Å². The summed E-state index contributed by atoms with van der Waals surface area (Å²) in [7, 11) is 0. The standard InChI is InChI=1S/C19H23NO3S/c1-13(20-17(21)16-6-5-11-23-16)18(22)24-12-14-7-9-15(10-8-14)19(2,3)4/h5-11,13H,12H2,1-4H3,(H,20,21)/t13-/m1/s1. The normalized spacial score (nSPS) is 12.7. The zero-order chi connectivity index (χ0) is 17.7. The smallest absolute Gasteiger partial charge is 0.287 e. The number of hydrogen-bond acceptors (Lipinski definition) is 4. The average Bonchev–Trinajstić information content (AvgIpc) is 3.06. The average molecular weight is 345 g/mol. The quantitative estimate of drug-likeness (QED) is 0.884. The number of benzene rings is 1. The molecule has 0 unspecified atom stereocenters. The zero-order valence-corrected chi connectivity index (χ0v) is 15.3. The van der Waals surface area contributed by atoms with E-state index in [1.807, 2.05) is 12.1 Å². The van der Waals surface area contributed by atoms with Crippen molar-refractivity contribution in [2.75, 3.05) is 0 Å². The third-order valence-electron chi connectivity index (χ3n) is 3.65. The first-order valence-corrected chi connectivity index (χ1v) is 8.86. The molecular formula is C19H23NO3S. The molecule has 0 saturated heterocycles. The number of thioether (sulfide) groups is 1. The Kier molecular flexibility index (Phi) is 5.89. The zero-order valence-electron chi connectivity index (χ0n) is 14.5. The van der Waals surface area contributed by atoms with E-state index in [-0.39, 0.29) is 22.2 Å². The molecule has 0 saturated carbocycles. The van der Waals surface area contributed by atoms with E-state index < -0.39 is 6.04 Å². The van der Waals surface area contributed by atoms with Crippen molar-refractivity contribution in [3.8, 4) is 0 Å². The van der Waals surface area contributed by atoms with E-state index >= 15 is 0 Å². The van der Waals surface area contributed by atoms with Gasteiger partial charge in [-0.25, -0.2) is 0 Å². The molecule has 4 nitrogen and oxygen atoms in total. The fourth-order valence-corrected chi connectivity index (χ4v) is 2.93. The predicted octanol–water partition coefficient (Wildman–Crippen LogP) is 4.16. The van der Waals surface area contributed by atoms with Crippen molar-refractivity contribution in [1.29, 1.82) is 0 Å². The van der Waals surface area contributed by atoms with Gasteiger partial charge in [0.05, 0.1) is 12.3 Å². The molecule has 2 aromatic rings. The SMILES string of the molecule is C[C@@H](NC(=O)c1ccco1)C(=O)SCc1ccc(C(C)(C)C)cc1. The highest BCUT2D eigenvalue weighted by Gasteiger charge is 2.19. The predicted molar refractivity (Wildman–Crippen MR) is 97.1 cm³/mol. The van der Waals surface area contributed by atoms with E-state index in [0.717, 1.165) is 5.56 Å². The highest BCUT2D eigenvalue weighted by atomic mass is 32.2. The Labute approximate surface area is 147 Å². The number of nitrogens with one attached hydrogen (secondary N) is 1. The van der Waals surface area contributed by atoms with Gasteiger partial charge in [0.2, 0.25) is 5.12 Å². The molecule has 0 aliphatic rings. The first-order chi connectivity index (χ1) is 11.3. The van der Waals surface area contributed by atoms with Crippen molar-refractivity contribution in [1.82, 2.24) is 5.32 Å². The minimum atomic E-state index is -0.568. The lowest BCUT2D eigenvalue weighted by molar-refractivity contribution is -0.112. The minimum Gasteiger partial charge on any atom is -0.459 e. The molecule has 1 amide bonds. The molecule has 1 atom stereocenters. The molecule has 1 aromatic heterocycles. The van der Waals surface area contributed by atoms with Gasteiger partial charge in [-0.2, -0.15) is 0 Å². The van der Waals surface area contributed by atoms with E-state index in [0.29, 0.717) is 5.75 Å². The summed E-state index contributed by atoms with van der Waals surface area (Å²) in [6.45, 7) is 8.19. The Morgan fingerprint density at radius 1 is 1.17 bits per heavy atom. The lowest BCUT2D eigenvalue weighted by Crippen LogP contribution is -2.37. The number of furan rings is 1. The maximum atomic E-state index is 12.2. The lowest BCUT2D eigenvalue weighted by atomic mass is 9.87. The number of amides is 1. The molecule has 0 fully saturated rings. The second-order valence-electron chi connectivity index (χ2n) is 6.73. The Hall–Kier alpha value is -2.01. The molecule has 0 aliphatic carbocycles. The van der Waals surface area contributed by atoms with E-state index in [1.165, 1.54) is 23.6 Å². The van der Waals surface area contributed by atoms with Gasteiger partial charge in [-0.1, -0.05) is 56.8 Å². The van der Waals surface area contributed by atoms with E-state index in [2.05, 4.69) is 38.2 Å². The van der Waals surface area contributed by atoms with Crippen molar-refractivity contribution in [2.45, 2.75) is 44.9 Å². The Morgan fingerprint density at radius 2 is 1.83 bits per heavy atom. The van der Waals surface area contributed by atoms with Gasteiger partial charge < -0.3 is 9.73 Å². The van der Waals surface area contributed by atoms with Crippen LogP contribution in [0.2, 0.25) is 0 Å². The van der Waals surface area contributed by atoms with Crippen LogP contribution in [0.1, 0.15) is 49.4 Å². The van der Waals surface area contributed by atoms with Crippen LogP contribution in [0.25, 0.3) is 0 Å². The van der Waals surface area contributed by atoms with Gasteiger partial charge in [-0.05, 0) is 35.6 Å². The summed E-state index contributed by atoms with van der Waals surface area (Å²) in [5.74, 6) is 0.415. The molecule has 0 radical (unpaired) electrons. The molecule has 0 spiro atoms. The molecule has 1 aromatic carbocycles. The largest absolute Gasteiger partial charge is 0.459 e. The maximum absolute atomic E-state index is 12.2. The molecule has 24 heavy (non-hydrogen) atoms. The van der Waals surface area contributed by atoms with Crippen LogP contribution in [-0.2, 0) is 16.0 Å². The highest BCUT2D eigenvalue weighted by Crippen LogP contribution is 2.23. The van der Waals surface area contributed by atoms with Crippen LogP contribution in [0, 0.1) is 0 Å². The molecule has 0 aliphatic heterocycles. The topological polar surface area (TPSA) is 59.3 Å². The maximum Gasteiger partial charge on any atom is 0.287 e. The van der Waals surface area contributed by atoms with Crippen LogP contribution in [0.15, 0.2) is 47.1 Å². The Morgan fingerprint density at radius 3 is 2.38 bits per heavy atom. The summed E-state index contributed by atoms with van der Waals surface area (Å²) < 4.78 is 5.01. The summed E-state index contributed by atoms with van der Waals surface area (Å²) in [6.07, 6.45) is 1.43. The fourth-order valence-electron chi connectivity index (χ4n) is 2.11. The number of hydrogen-bond donors (Lipinski definition) is 1. The summed E-state index contributed by atoms with van der Waals surface area (Å²) in [4.78, 5) is 24.0. The highest BCUT2D eigenvalue weighted by molar-refractivity contribution is 8.13. The summed E-state index contributed by atoms with van der Waals surface area (Å²) in [6, 6.07) is 10.9. The van der Waals surface area contributed by atoms with Crippen molar-refractivity contribution in [3.63, 3.8) is 0 Å². The van der Waals surface area contributed by atoms with Crippen molar-refractivity contribution >= 4 is 22.8 Å². The van der Waals surface area contributed by atoms with Gasteiger partial charge in [-0.15, -0.1) is 0 Å². The van der Waals surface area contributed by atoms with Gasteiger partial charge in [-0.3, -0.25) is 9.59 Å². The van der Waals surface area contributed by atoms with Crippen LogP contribution in [0.5, 0.6) is 0 Å². The van der Waals surface area contributed by atoms with E-state index in [9.17, 15) is 9.59 Å². The second kappa shape index (κ2) is 7.71. The number of carbonyl (C=O) groups excluding carboxylic acids is 2. The van der Waals surface area contributed by atoms with Crippen molar-refractivity contribution in [2.24, 2.45) is 0 Å². The van der Waals surface area contributed by atoms with E-state index in [1.54, 1.807) is 19.1 Å². The third-order valence-corrected chi connectivity index (χ3v) is 4.76. The van der Waals surface area contributed by atoms with Crippen LogP contribution < -0.4 is 5.32 Å². The first kappa shape index (κ1) is 18.3. The third kappa shape index (κ3) is 4.99. The molecule has 1 heterocycles. The molecule has 128 valence electrons. The van der Waals surface area contributed by atoms with Crippen LogP contribution in [0.4, 0.5) is 0 Å². The van der Waals surface area contributed by atoms with Gasteiger partial charge >= 0.3 is 0 Å². The van der Waals surface area contributed by atoms with Crippen molar-refractivity contribution < 1.29 is 14.0 Å². The van der Waals surface area contributed by atoms with Gasteiger partial charge in [0.25, 0.3) is 5.91 Å². The summed E-state index contributed by atoms with van der Waals surface area (Å²) in [5.41, 5.74) is 2.47. The van der Waals surface area contributed by atoms with Gasteiger partial charge in [0, 0.05) is 5.75 Å². The number of carbonyl (C=O) groups is 2. The fraction of sp³-hybridized carbons (Fsp3) is 0.368. The van der Waals surface area contributed by atoms with Crippen LogP contribution in [0.3, 0.4) is 0 Å². The Bertz CT molecular complexity index is 684. The monoisotopic (exact) mass is 345 g/mol. The molecule has 2 rings (SSSR count). The van der Waals surface area contributed by atoms with Crippen LogP contribution >= 0.6 is 11.8 Å². The lowest BCUT2D eigenvalue weighted by Gasteiger charge is -2.19. The summed E-state index contributed by atoms with van der Waals surface area (Å²) in [5, 5.41) is 2.57. The second-order valence-corrected chi connectivity index (χ2v) is 7.71. The van der Waals surface area contributed by atoms with Gasteiger partial charge in [0.15, 0.2) is 5.76 Å². The summed E-state index contributed by atoms with van der Waals surface area (Å²) >= 11 is 1.21. The molecule has 1 N–H and O–H groups in total. The van der Waals surface area contributed by atoms with Crippen LogP contribution in [-0.4, -0.2) is 17.1 Å². The first-order valence-electron chi connectivity index (χ1n) is 7.88.